The lowest BCUT2D eigenvalue weighted by Crippen LogP contribution is -2.35. The van der Waals surface area contributed by atoms with E-state index < -0.39 is 0 Å². The molecule has 0 aromatic heterocycles. The Kier molecular flexibility index (Phi) is 13.3. The van der Waals surface area contributed by atoms with Gasteiger partial charge in [0.05, 0.1) is 0 Å². The Hall–Kier alpha value is -2.62. The van der Waals surface area contributed by atoms with E-state index in [9.17, 15) is 9.59 Å². The van der Waals surface area contributed by atoms with Crippen LogP contribution in [0.2, 0.25) is 0 Å². The van der Waals surface area contributed by atoms with Crippen LogP contribution in [0.1, 0.15) is 119 Å². The van der Waals surface area contributed by atoms with Crippen LogP contribution in [0.25, 0.3) is 0 Å². The van der Waals surface area contributed by atoms with Crippen molar-refractivity contribution in [2.45, 2.75) is 119 Å². The lowest BCUT2D eigenvalue weighted by molar-refractivity contribution is -0.137. The number of carbonyl (C=O) groups excluding carboxylic acids is 2. The van der Waals surface area contributed by atoms with Crippen LogP contribution in [-0.4, -0.2) is 11.9 Å². The molecule has 0 saturated heterocycles. The molecule has 0 amide bonds. The minimum absolute atomic E-state index is 0.310. The van der Waals surface area contributed by atoms with Crippen molar-refractivity contribution in [3.63, 3.8) is 0 Å². The van der Waals surface area contributed by atoms with Gasteiger partial charge in [-0.1, -0.05) is 82.9 Å². The van der Waals surface area contributed by atoms with Gasteiger partial charge in [0.2, 0.25) is 0 Å². The number of allylic oxidation sites excluding steroid dienone is 8. The van der Waals surface area contributed by atoms with Gasteiger partial charge >= 0.3 is 11.9 Å². The van der Waals surface area contributed by atoms with Crippen LogP contribution < -0.4 is 0 Å². The van der Waals surface area contributed by atoms with Gasteiger partial charge < -0.3 is 9.47 Å². The average molecular weight is 591 g/mol. The largest absolute Gasteiger partial charge is 0.428 e. The van der Waals surface area contributed by atoms with E-state index in [1.807, 2.05) is 13.0 Å². The molecule has 0 aromatic carbocycles. The predicted octanol–water partition coefficient (Wildman–Crippen LogP) is 10.6. The zero-order chi connectivity index (χ0) is 31.7. The summed E-state index contributed by atoms with van der Waals surface area (Å²) in [4.78, 5) is 24.1. The van der Waals surface area contributed by atoms with E-state index in [0.717, 1.165) is 36.4 Å². The second-order valence-electron chi connectivity index (χ2n) is 14.3. The zero-order valence-corrected chi connectivity index (χ0v) is 28.2. The van der Waals surface area contributed by atoms with E-state index in [0.29, 0.717) is 40.6 Å². The van der Waals surface area contributed by atoms with Crippen molar-refractivity contribution in [2.24, 2.45) is 41.4 Å². The highest BCUT2D eigenvalue weighted by atomic mass is 16.5. The Morgan fingerprint density at radius 3 is 1.72 bits per heavy atom. The van der Waals surface area contributed by atoms with E-state index in [4.69, 9.17) is 9.47 Å². The molecule has 3 aliphatic carbocycles. The molecule has 4 atom stereocenters. The predicted molar refractivity (Wildman–Crippen MR) is 178 cm³/mol. The van der Waals surface area contributed by atoms with Gasteiger partial charge in [0, 0.05) is 17.1 Å². The molecule has 0 radical (unpaired) electrons. The first-order chi connectivity index (χ1) is 20.3. The van der Waals surface area contributed by atoms with Gasteiger partial charge in [-0.2, -0.15) is 0 Å². The summed E-state index contributed by atoms with van der Waals surface area (Å²) in [6, 6.07) is 0. The topological polar surface area (TPSA) is 52.6 Å². The van der Waals surface area contributed by atoms with Crippen molar-refractivity contribution in [3.05, 3.63) is 71.3 Å². The molecule has 43 heavy (non-hydrogen) atoms. The molecule has 3 aliphatic rings. The molecule has 0 heterocycles. The maximum Gasteiger partial charge on any atom is 0.338 e. The first kappa shape index (κ1) is 34.9. The highest BCUT2D eigenvalue weighted by molar-refractivity contribution is 5.88. The Labute approximate surface area is 262 Å². The monoisotopic (exact) mass is 590 g/mol. The number of hydrogen-bond donors (Lipinski definition) is 0. The molecule has 0 N–H and O–H groups in total. The van der Waals surface area contributed by atoms with Crippen LogP contribution in [0.15, 0.2) is 71.3 Å². The molecule has 3 rings (SSSR count). The molecule has 0 aliphatic heterocycles. The third-order valence-electron chi connectivity index (χ3n) is 10.4. The summed E-state index contributed by atoms with van der Waals surface area (Å²) >= 11 is 0. The van der Waals surface area contributed by atoms with E-state index in [2.05, 4.69) is 59.1 Å². The molecule has 4 unspecified atom stereocenters. The van der Waals surface area contributed by atoms with Gasteiger partial charge in [-0.15, -0.1) is 0 Å². The van der Waals surface area contributed by atoms with Gasteiger partial charge in [0.15, 0.2) is 0 Å². The summed E-state index contributed by atoms with van der Waals surface area (Å²) in [5.74, 6) is 5.17. The molecule has 0 bridgehead atoms. The van der Waals surface area contributed by atoms with Crippen molar-refractivity contribution in [1.29, 1.82) is 0 Å². The molecule has 0 spiro atoms. The van der Waals surface area contributed by atoms with Crippen molar-refractivity contribution >= 4 is 11.9 Å². The van der Waals surface area contributed by atoms with Gasteiger partial charge in [0.25, 0.3) is 0 Å². The number of carbonyl (C=O) groups is 2. The van der Waals surface area contributed by atoms with E-state index in [-0.39, 0.29) is 11.9 Å². The maximum absolute atomic E-state index is 12.3. The van der Waals surface area contributed by atoms with Crippen molar-refractivity contribution < 1.29 is 19.1 Å². The summed E-state index contributed by atoms with van der Waals surface area (Å²) in [5, 5.41) is 0. The fraction of sp³-hybridized carbons (Fsp3) is 0.641. The SMILES string of the molecule is C=C(C)C(=O)O/C(C)=C/C=C(/CCC1CCC(CC/C(C)=C/C=C(/OC(=O)C(=C)C)C2C(C)CC2C)CC1)C1CCC1C. The lowest BCUT2D eigenvalue weighted by Gasteiger charge is -2.41. The number of rotatable bonds is 14. The van der Waals surface area contributed by atoms with Crippen molar-refractivity contribution in [2.75, 3.05) is 0 Å². The summed E-state index contributed by atoms with van der Waals surface area (Å²) in [7, 11) is 0. The highest BCUT2D eigenvalue weighted by Crippen LogP contribution is 2.45. The summed E-state index contributed by atoms with van der Waals surface area (Å²) in [6.45, 7) is 21.7. The number of esters is 2. The van der Waals surface area contributed by atoms with Crippen LogP contribution >= 0.6 is 0 Å². The van der Waals surface area contributed by atoms with Crippen molar-refractivity contribution in [1.82, 2.24) is 0 Å². The fourth-order valence-electron chi connectivity index (χ4n) is 7.23. The van der Waals surface area contributed by atoms with Crippen LogP contribution in [0.4, 0.5) is 0 Å². The molecular formula is C39H58O4. The molecule has 3 fully saturated rings. The van der Waals surface area contributed by atoms with Gasteiger partial charge in [0.1, 0.15) is 11.5 Å². The third-order valence-corrected chi connectivity index (χ3v) is 10.4. The standard InChI is InChI=1S/C39H58O4/c1-25(2)38(40)42-31(9)13-20-34(35-22-12-28(35)6)21-19-33-17-15-32(16-18-33)14-10-27(5)11-23-36(43-39(41)26(3)4)37-29(7)24-30(37)8/h11,13,20,23,28-30,32-33,35,37H,1,3,10,12,14-19,21-22,24H2,2,4-9H3/b27-11+,31-13+,34-20-,36-23+. The first-order valence-electron chi connectivity index (χ1n) is 16.9. The van der Waals surface area contributed by atoms with Crippen LogP contribution in [-0.2, 0) is 19.1 Å². The minimum Gasteiger partial charge on any atom is -0.428 e. The molecule has 4 nitrogen and oxygen atoms in total. The first-order valence-corrected chi connectivity index (χ1v) is 16.9. The molecular weight excluding hydrogens is 532 g/mol. The van der Waals surface area contributed by atoms with Crippen LogP contribution in [0.3, 0.4) is 0 Å². The van der Waals surface area contributed by atoms with Crippen LogP contribution in [0, 0.1) is 41.4 Å². The molecule has 3 saturated carbocycles. The Bertz CT molecular complexity index is 1130. The Balaban J connectivity index is 1.48. The molecule has 4 heteroatoms. The highest BCUT2D eigenvalue weighted by Gasteiger charge is 2.39. The smallest absolute Gasteiger partial charge is 0.338 e. The molecule has 238 valence electrons. The molecule has 0 aromatic rings. The summed E-state index contributed by atoms with van der Waals surface area (Å²) < 4.78 is 11.2. The zero-order valence-electron chi connectivity index (χ0n) is 28.2. The van der Waals surface area contributed by atoms with E-state index in [1.54, 1.807) is 13.8 Å². The average Bonchev–Trinajstić information content (AvgIpc) is 2.95. The van der Waals surface area contributed by atoms with Gasteiger partial charge in [-0.05, 0) is 120 Å². The number of hydrogen-bond acceptors (Lipinski definition) is 4. The second-order valence-corrected chi connectivity index (χ2v) is 14.3. The van der Waals surface area contributed by atoms with E-state index >= 15 is 0 Å². The summed E-state index contributed by atoms with van der Waals surface area (Å²) in [5.41, 5.74) is 3.75. The van der Waals surface area contributed by atoms with Gasteiger partial charge in [-0.25, -0.2) is 9.59 Å². The third kappa shape index (κ3) is 10.5. The quantitative estimate of drug-likeness (QED) is 0.0874. The fourth-order valence-corrected chi connectivity index (χ4v) is 7.23. The Morgan fingerprint density at radius 2 is 1.23 bits per heavy atom. The van der Waals surface area contributed by atoms with Crippen molar-refractivity contribution in [3.8, 4) is 0 Å². The van der Waals surface area contributed by atoms with Crippen LogP contribution in [0.5, 0.6) is 0 Å². The normalized spacial score (nSPS) is 30.2. The maximum atomic E-state index is 12.3. The lowest BCUT2D eigenvalue weighted by atomic mass is 9.65. The van der Waals surface area contributed by atoms with E-state index in [1.165, 1.54) is 68.9 Å². The second kappa shape index (κ2) is 16.5. The Morgan fingerprint density at radius 1 is 0.674 bits per heavy atom. The number of ether oxygens (including phenoxy) is 2. The minimum atomic E-state index is -0.355. The summed E-state index contributed by atoms with van der Waals surface area (Å²) in [6.07, 6.45) is 22.2. The van der Waals surface area contributed by atoms with Gasteiger partial charge in [-0.3, -0.25) is 0 Å².